The fourth-order valence-electron chi connectivity index (χ4n) is 8.28. The Balaban J connectivity index is 1.18. The molecule has 59 heavy (non-hydrogen) atoms. The van der Waals surface area contributed by atoms with E-state index in [0.717, 1.165) is 10.5 Å². The topological polar surface area (TPSA) is 175 Å². The predicted octanol–water partition coefficient (Wildman–Crippen LogP) is 4.58. The quantitative estimate of drug-likeness (QED) is 0.223. The maximum Gasteiger partial charge on any atom is 0.265 e. The van der Waals surface area contributed by atoms with Crippen LogP contribution in [-0.4, -0.2) is 101 Å². The van der Waals surface area contributed by atoms with E-state index in [0.29, 0.717) is 35.0 Å². The summed E-state index contributed by atoms with van der Waals surface area (Å²) in [4.78, 5) is 77.7. The van der Waals surface area contributed by atoms with Crippen molar-refractivity contribution in [3.63, 3.8) is 0 Å². The lowest BCUT2D eigenvalue weighted by atomic mass is 9.77. The van der Waals surface area contributed by atoms with Crippen LogP contribution in [0.25, 0.3) is 22.2 Å². The number of benzene rings is 2. The van der Waals surface area contributed by atoms with Crippen molar-refractivity contribution in [1.29, 1.82) is 0 Å². The minimum Gasteiger partial charge on any atom is -0.347 e. The van der Waals surface area contributed by atoms with Gasteiger partial charge >= 0.3 is 0 Å². The Morgan fingerprint density at radius 2 is 1.73 bits per heavy atom. The first-order valence-corrected chi connectivity index (χ1v) is 21.6. The molecule has 1 unspecified atom stereocenters. The number of nitrogens with zero attached hydrogens (tertiary/aromatic N) is 3. The van der Waals surface area contributed by atoms with Crippen LogP contribution in [0.15, 0.2) is 73.3 Å². The second-order valence-corrected chi connectivity index (χ2v) is 19.4. The number of likely N-dealkylation sites (tertiary alicyclic amines) is 2. The number of para-hydroxylation sites is 1. The van der Waals surface area contributed by atoms with Crippen molar-refractivity contribution in [2.24, 2.45) is 17.3 Å². The summed E-state index contributed by atoms with van der Waals surface area (Å²) in [7, 11) is -3.97. The van der Waals surface area contributed by atoms with Gasteiger partial charge in [-0.3, -0.25) is 28.7 Å². The highest BCUT2D eigenvalue weighted by molar-refractivity contribution is 7.91. The van der Waals surface area contributed by atoms with Crippen LogP contribution in [0.3, 0.4) is 0 Å². The highest BCUT2D eigenvalue weighted by Gasteiger charge is 2.62. The summed E-state index contributed by atoms with van der Waals surface area (Å²) in [6.07, 6.45) is 1.67. The van der Waals surface area contributed by atoms with Crippen LogP contribution >= 0.6 is 0 Å². The minimum atomic E-state index is -3.97. The first kappa shape index (κ1) is 41.9. The number of hydrogen-bond donors (Lipinski definition) is 3. The van der Waals surface area contributed by atoms with Gasteiger partial charge in [-0.15, -0.1) is 6.58 Å². The number of halogens is 2. The molecule has 0 bridgehead atoms. The summed E-state index contributed by atoms with van der Waals surface area (Å²) >= 11 is 0. The van der Waals surface area contributed by atoms with Gasteiger partial charge in [-0.2, -0.15) is 0 Å². The second kappa shape index (κ2) is 15.7. The molecule has 7 rings (SSSR count). The fraction of sp³-hybridized carbons (Fsp3) is 0.488. The van der Waals surface area contributed by atoms with Crippen molar-refractivity contribution < 1.29 is 41.2 Å². The van der Waals surface area contributed by atoms with Gasteiger partial charge in [0.15, 0.2) is 0 Å². The van der Waals surface area contributed by atoms with Crippen LogP contribution in [0.1, 0.15) is 76.1 Å². The van der Waals surface area contributed by atoms with E-state index in [9.17, 15) is 41.2 Å². The minimum absolute atomic E-state index is 0.0769. The standard InChI is InChI=1S/C43H50F2N6O7S/c1-5-27-23-43(27,40(56)49-59(57,58)29-16-17-29)48-38(54)35-20-28(24-51(35)39(55)32(41(2,3)4)22-36(52)50-19-11-18-42(44,45)25-50)46-37(53)31-21-34(26-12-7-6-8-13-26)47-33-15-10-9-14-30(31)33/h5-10,12-15,21,27-29,32,35H,1,11,16-20,22-25H2,2-4H3,(H,46,53)(H,48,54)(H,49,56)/t27?,28-,32-,35+,43-/m1/s1. The summed E-state index contributed by atoms with van der Waals surface area (Å²) in [5.74, 6) is -8.05. The monoisotopic (exact) mass is 832 g/mol. The number of pyridine rings is 1. The Hall–Kier alpha value is -5.25. The van der Waals surface area contributed by atoms with Crippen LogP contribution in [0.4, 0.5) is 8.78 Å². The zero-order chi connectivity index (χ0) is 42.5. The van der Waals surface area contributed by atoms with Gasteiger partial charge in [0.25, 0.3) is 17.7 Å². The maximum absolute atomic E-state index is 14.8. The fourth-order valence-corrected chi connectivity index (χ4v) is 9.65. The van der Waals surface area contributed by atoms with Crippen LogP contribution in [0, 0.1) is 17.3 Å². The second-order valence-electron chi connectivity index (χ2n) is 17.4. The van der Waals surface area contributed by atoms with Gasteiger partial charge in [0.2, 0.25) is 27.7 Å². The Labute approximate surface area is 342 Å². The molecular weight excluding hydrogens is 783 g/mol. The summed E-state index contributed by atoms with van der Waals surface area (Å²) in [6.45, 7) is 8.22. The SMILES string of the molecule is C=CC1C[C@]1(NC(=O)[C@@H]1C[C@@H](NC(=O)c2cc(-c3ccccc3)nc3ccccc23)CN1C(=O)[C@@H](CC(=O)N1CCCC(F)(F)C1)C(C)(C)C)C(=O)NS(=O)(=O)C1CC1. The van der Waals surface area contributed by atoms with E-state index in [1.54, 1.807) is 45.0 Å². The summed E-state index contributed by atoms with van der Waals surface area (Å²) in [5.41, 5.74) is -0.265. The maximum atomic E-state index is 14.8. The smallest absolute Gasteiger partial charge is 0.265 e. The molecule has 1 aromatic heterocycles. The van der Waals surface area contributed by atoms with Crippen LogP contribution in [0.5, 0.6) is 0 Å². The average Bonchev–Trinajstić information content (AvgIpc) is 4.12. The zero-order valence-electron chi connectivity index (χ0n) is 33.4. The molecule has 2 aliphatic heterocycles. The Morgan fingerprint density at radius 1 is 1.03 bits per heavy atom. The Kier molecular flexibility index (Phi) is 11.2. The molecular formula is C43H50F2N6O7S. The number of carbonyl (C=O) groups excluding carboxylic acids is 5. The molecule has 5 amide bonds. The molecule has 0 radical (unpaired) electrons. The number of hydrogen-bond acceptors (Lipinski definition) is 8. The van der Waals surface area contributed by atoms with E-state index in [-0.39, 0.29) is 38.8 Å². The lowest BCUT2D eigenvalue weighted by molar-refractivity contribution is -0.151. The molecule has 2 saturated heterocycles. The van der Waals surface area contributed by atoms with E-state index >= 15 is 0 Å². The van der Waals surface area contributed by atoms with Gasteiger partial charge in [0.05, 0.1) is 34.5 Å². The lowest BCUT2D eigenvalue weighted by Gasteiger charge is -2.37. The van der Waals surface area contributed by atoms with Crippen LogP contribution in [-0.2, 0) is 29.2 Å². The Morgan fingerprint density at radius 3 is 2.37 bits per heavy atom. The molecule has 3 aromatic rings. The van der Waals surface area contributed by atoms with E-state index in [2.05, 4.69) is 21.9 Å². The molecule has 3 heterocycles. The van der Waals surface area contributed by atoms with Crippen molar-refractivity contribution in [2.45, 2.75) is 94.5 Å². The third-order valence-electron chi connectivity index (χ3n) is 12.0. The largest absolute Gasteiger partial charge is 0.347 e. The highest BCUT2D eigenvalue weighted by atomic mass is 32.2. The van der Waals surface area contributed by atoms with E-state index < -0.39 is 98.6 Å². The number of carbonyl (C=O) groups is 5. The number of nitrogens with one attached hydrogen (secondary N) is 3. The van der Waals surface area contributed by atoms with Crippen molar-refractivity contribution in [2.75, 3.05) is 19.6 Å². The predicted molar refractivity (Wildman–Crippen MR) is 216 cm³/mol. The van der Waals surface area contributed by atoms with Crippen molar-refractivity contribution in [3.05, 3.63) is 78.9 Å². The molecule has 314 valence electrons. The van der Waals surface area contributed by atoms with Gasteiger partial charge in [0, 0.05) is 48.8 Å². The first-order valence-electron chi connectivity index (χ1n) is 20.0. The van der Waals surface area contributed by atoms with E-state index in [1.165, 1.54) is 11.0 Å². The number of piperidine rings is 1. The number of fused-ring (bicyclic) bond motifs is 1. The molecule has 4 aliphatic rings. The number of aromatic nitrogens is 1. The number of amides is 5. The zero-order valence-corrected chi connectivity index (χ0v) is 34.2. The summed E-state index contributed by atoms with van der Waals surface area (Å²) < 4.78 is 56.4. The van der Waals surface area contributed by atoms with Crippen molar-refractivity contribution >= 4 is 50.5 Å². The van der Waals surface area contributed by atoms with Gasteiger partial charge in [-0.05, 0) is 49.7 Å². The molecule has 16 heteroatoms. The molecule has 4 fully saturated rings. The molecule has 0 spiro atoms. The van der Waals surface area contributed by atoms with E-state index in [4.69, 9.17) is 4.98 Å². The van der Waals surface area contributed by atoms with Gasteiger partial charge in [0.1, 0.15) is 11.6 Å². The molecule has 3 N–H and O–H groups in total. The molecule has 13 nitrogen and oxygen atoms in total. The molecule has 2 aliphatic carbocycles. The Bertz CT molecular complexity index is 2300. The van der Waals surface area contributed by atoms with Crippen LogP contribution < -0.4 is 15.4 Å². The number of rotatable bonds is 12. The highest BCUT2D eigenvalue weighted by Crippen LogP contribution is 2.46. The van der Waals surface area contributed by atoms with Gasteiger partial charge in [-0.25, -0.2) is 22.2 Å². The molecule has 2 aromatic carbocycles. The van der Waals surface area contributed by atoms with Crippen LogP contribution in [0.2, 0.25) is 0 Å². The third-order valence-corrected chi connectivity index (χ3v) is 13.8. The third kappa shape index (κ3) is 8.87. The van der Waals surface area contributed by atoms with Gasteiger partial charge in [-0.1, -0.05) is 75.4 Å². The summed E-state index contributed by atoms with van der Waals surface area (Å²) in [5, 5.41) is 5.65. The average molecular weight is 833 g/mol. The normalized spacial score (nSPS) is 24.5. The number of alkyl halides is 2. The summed E-state index contributed by atoms with van der Waals surface area (Å²) in [6, 6.07) is 16.1. The lowest BCUT2D eigenvalue weighted by Crippen LogP contribution is -2.57. The van der Waals surface area contributed by atoms with Crippen molar-refractivity contribution in [1.82, 2.24) is 30.1 Å². The van der Waals surface area contributed by atoms with Gasteiger partial charge < -0.3 is 20.4 Å². The molecule has 5 atom stereocenters. The number of sulfonamides is 1. The molecule has 2 saturated carbocycles. The van der Waals surface area contributed by atoms with E-state index in [1.807, 2.05) is 36.4 Å². The first-order chi connectivity index (χ1) is 27.8. The van der Waals surface area contributed by atoms with Crippen molar-refractivity contribution in [3.8, 4) is 11.3 Å².